The Bertz CT molecular complexity index is 715. The van der Waals surface area contributed by atoms with E-state index < -0.39 is 0 Å². The second-order valence-corrected chi connectivity index (χ2v) is 6.75. The summed E-state index contributed by atoms with van der Waals surface area (Å²) in [5, 5.41) is 6.31. The number of amides is 1. The molecule has 1 atom stereocenters. The summed E-state index contributed by atoms with van der Waals surface area (Å²) >= 11 is 0. The molecule has 1 aliphatic rings. The third kappa shape index (κ3) is 6.36. The molecule has 1 saturated heterocycles. The van der Waals surface area contributed by atoms with E-state index in [9.17, 15) is 4.79 Å². The van der Waals surface area contributed by atoms with E-state index in [2.05, 4.69) is 35.8 Å². The lowest BCUT2D eigenvalue weighted by atomic mass is 10.0. The Balaban J connectivity index is 0.00000243. The van der Waals surface area contributed by atoms with Gasteiger partial charge in [0.2, 0.25) is 5.91 Å². The van der Waals surface area contributed by atoms with Crippen LogP contribution in [-0.4, -0.2) is 19.0 Å². The number of anilines is 1. The average molecular weight is 375 g/mol. The zero-order valence-electron chi connectivity index (χ0n) is 15.2. The van der Waals surface area contributed by atoms with Gasteiger partial charge in [-0.2, -0.15) is 0 Å². The van der Waals surface area contributed by atoms with Crippen molar-refractivity contribution >= 4 is 24.0 Å². The van der Waals surface area contributed by atoms with Crippen LogP contribution in [-0.2, 0) is 11.4 Å². The van der Waals surface area contributed by atoms with Crippen molar-refractivity contribution < 1.29 is 9.53 Å². The molecular weight excluding hydrogens is 348 g/mol. The molecule has 1 amide bonds. The van der Waals surface area contributed by atoms with Gasteiger partial charge in [0.1, 0.15) is 12.4 Å². The van der Waals surface area contributed by atoms with E-state index in [1.807, 2.05) is 30.3 Å². The van der Waals surface area contributed by atoms with Crippen LogP contribution >= 0.6 is 12.4 Å². The van der Waals surface area contributed by atoms with Crippen LogP contribution in [0.2, 0.25) is 0 Å². The molecule has 5 heteroatoms. The van der Waals surface area contributed by atoms with Gasteiger partial charge in [0.15, 0.2) is 0 Å². The lowest BCUT2D eigenvalue weighted by Crippen LogP contribution is -2.15. The second-order valence-electron chi connectivity index (χ2n) is 6.75. The molecule has 2 aromatic carbocycles. The molecule has 26 heavy (non-hydrogen) atoms. The second kappa shape index (κ2) is 10.2. The number of rotatable bonds is 7. The fraction of sp³-hybridized carbons (Fsp3) is 0.381. The molecule has 1 heterocycles. The lowest BCUT2D eigenvalue weighted by molar-refractivity contribution is -0.116. The molecule has 3 rings (SSSR count). The number of ether oxygens (including phenoxy) is 1. The predicted molar refractivity (Wildman–Crippen MR) is 108 cm³/mol. The Morgan fingerprint density at radius 2 is 2.08 bits per heavy atom. The fourth-order valence-electron chi connectivity index (χ4n) is 3.15. The highest BCUT2D eigenvalue weighted by Gasteiger charge is 2.15. The Labute approximate surface area is 161 Å². The van der Waals surface area contributed by atoms with Gasteiger partial charge in [0.05, 0.1) is 0 Å². The molecule has 0 radical (unpaired) electrons. The van der Waals surface area contributed by atoms with Gasteiger partial charge in [0, 0.05) is 18.2 Å². The summed E-state index contributed by atoms with van der Waals surface area (Å²) in [4.78, 5) is 12.1. The largest absolute Gasteiger partial charge is 0.489 e. The summed E-state index contributed by atoms with van der Waals surface area (Å²) in [5.74, 6) is 1.47. The maximum atomic E-state index is 12.1. The standard InChI is InChI=1S/C21H26N2O2.ClH/c1-16-4-2-5-18(12-16)15-25-20-7-3-6-19(13-20)23-21(24)9-8-17-10-11-22-14-17;/h2-7,12-13,17,22H,8-11,14-15H2,1H3,(H,23,24);1H. The summed E-state index contributed by atoms with van der Waals surface area (Å²) < 4.78 is 5.85. The molecule has 1 aliphatic heterocycles. The molecule has 0 bridgehead atoms. The number of nitrogens with one attached hydrogen (secondary N) is 2. The van der Waals surface area contributed by atoms with E-state index >= 15 is 0 Å². The maximum Gasteiger partial charge on any atom is 0.224 e. The zero-order valence-corrected chi connectivity index (χ0v) is 16.0. The van der Waals surface area contributed by atoms with Crippen LogP contribution in [0.4, 0.5) is 5.69 Å². The van der Waals surface area contributed by atoms with Crippen molar-refractivity contribution in [1.29, 1.82) is 0 Å². The molecule has 1 unspecified atom stereocenters. The monoisotopic (exact) mass is 374 g/mol. The van der Waals surface area contributed by atoms with Gasteiger partial charge in [-0.05, 0) is 56.5 Å². The van der Waals surface area contributed by atoms with Crippen LogP contribution in [0.1, 0.15) is 30.4 Å². The lowest BCUT2D eigenvalue weighted by Gasteiger charge is -2.11. The van der Waals surface area contributed by atoms with Crippen LogP contribution in [0, 0.1) is 12.8 Å². The van der Waals surface area contributed by atoms with E-state index in [0.717, 1.165) is 36.5 Å². The van der Waals surface area contributed by atoms with E-state index in [0.29, 0.717) is 18.9 Å². The fourth-order valence-corrected chi connectivity index (χ4v) is 3.15. The maximum absolute atomic E-state index is 12.1. The third-order valence-corrected chi connectivity index (χ3v) is 4.55. The highest BCUT2D eigenvalue weighted by Crippen LogP contribution is 2.20. The average Bonchev–Trinajstić information content (AvgIpc) is 3.12. The van der Waals surface area contributed by atoms with Crippen molar-refractivity contribution in [2.75, 3.05) is 18.4 Å². The minimum atomic E-state index is 0. The number of benzene rings is 2. The van der Waals surface area contributed by atoms with Gasteiger partial charge in [-0.1, -0.05) is 35.9 Å². The molecule has 0 saturated carbocycles. The Hall–Kier alpha value is -2.04. The first-order chi connectivity index (χ1) is 12.2. The normalized spacial score (nSPS) is 16.0. The SMILES string of the molecule is Cc1cccc(COc2cccc(NC(=O)CCC3CCNC3)c2)c1.Cl. The quantitative estimate of drug-likeness (QED) is 0.758. The van der Waals surface area contributed by atoms with Crippen molar-refractivity contribution in [2.24, 2.45) is 5.92 Å². The van der Waals surface area contributed by atoms with E-state index in [-0.39, 0.29) is 18.3 Å². The first kappa shape index (κ1) is 20.3. The molecule has 140 valence electrons. The Morgan fingerprint density at radius 3 is 2.85 bits per heavy atom. The topological polar surface area (TPSA) is 50.4 Å². The summed E-state index contributed by atoms with van der Waals surface area (Å²) in [6.07, 6.45) is 2.69. The summed E-state index contributed by atoms with van der Waals surface area (Å²) in [6.45, 7) is 4.71. The molecule has 1 fully saturated rings. The number of aryl methyl sites for hydroxylation is 1. The Morgan fingerprint density at radius 1 is 1.23 bits per heavy atom. The number of halogens is 1. The summed E-state index contributed by atoms with van der Waals surface area (Å²) in [5.41, 5.74) is 3.15. The summed E-state index contributed by atoms with van der Waals surface area (Å²) in [7, 11) is 0. The Kier molecular flexibility index (Phi) is 7.95. The first-order valence-corrected chi connectivity index (χ1v) is 8.98. The minimum Gasteiger partial charge on any atom is -0.489 e. The third-order valence-electron chi connectivity index (χ3n) is 4.55. The van der Waals surface area contributed by atoms with E-state index in [1.165, 1.54) is 12.0 Å². The highest BCUT2D eigenvalue weighted by molar-refractivity contribution is 5.90. The van der Waals surface area contributed by atoms with Crippen molar-refractivity contribution in [3.8, 4) is 5.75 Å². The van der Waals surface area contributed by atoms with Gasteiger partial charge in [0.25, 0.3) is 0 Å². The van der Waals surface area contributed by atoms with E-state index in [4.69, 9.17) is 4.74 Å². The molecule has 0 aliphatic carbocycles. The van der Waals surface area contributed by atoms with Crippen LogP contribution in [0.5, 0.6) is 5.75 Å². The molecule has 4 nitrogen and oxygen atoms in total. The van der Waals surface area contributed by atoms with Gasteiger partial charge >= 0.3 is 0 Å². The van der Waals surface area contributed by atoms with Crippen molar-refractivity contribution in [3.05, 3.63) is 59.7 Å². The molecule has 0 spiro atoms. The van der Waals surface area contributed by atoms with Crippen LogP contribution in [0.15, 0.2) is 48.5 Å². The minimum absolute atomic E-state index is 0. The molecular formula is C21H27ClN2O2. The number of hydrogen-bond donors (Lipinski definition) is 2. The number of carbonyl (C=O) groups excluding carboxylic acids is 1. The van der Waals surface area contributed by atoms with Gasteiger partial charge < -0.3 is 15.4 Å². The van der Waals surface area contributed by atoms with Crippen LogP contribution in [0.25, 0.3) is 0 Å². The van der Waals surface area contributed by atoms with E-state index in [1.54, 1.807) is 0 Å². The predicted octanol–water partition coefficient (Wildman–Crippen LogP) is 4.32. The van der Waals surface area contributed by atoms with Crippen molar-refractivity contribution in [3.63, 3.8) is 0 Å². The highest BCUT2D eigenvalue weighted by atomic mass is 35.5. The molecule has 2 aromatic rings. The number of carbonyl (C=O) groups is 1. The van der Waals surface area contributed by atoms with Crippen LogP contribution < -0.4 is 15.4 Å². The van der Waals surface area contributed by atoms with Crippen molar-refractivity contribution in [1.82, 2.24) is 5.32 Å². The summed E-state index contributed by atoms with van der Waals surface area (Å²) in [6, 6.07) is 15.9. The molecule has 0 aromatic heterocycles. The van der Waals surface area contributed by atoms with Crippen LogP contribution in [0.3, 0.4) is 0 Å². The smallest absolute Gasteiger partial charge is 0.224 e. The van der Waals surface area contributed by atoms with Gasteiger partial charge in [-0.25, -0.2) is 0 Å². The van der Waals surface area contributed by atoms with Gasteiger partial charge in [-0.15, -0.1) is 12.4 Å². The number of hydrogen-bond acceptors (Lipinski definition) is 3. The zero-order chi connectivity index (χ0) is 17.5. The first-order valence-electron chi connectivity index (χ1n) is 8.98. The van der Waals surface area contributed by atoms with Gasteiger partial charge in [-0.3, -0.25) is 4.79 Å². The van der Waals surface area contributed by atoms with Crippen molar-refractivity contribution in [2.45, 2.75) is 32.8 Å². The molecule has 2 N–H and O–H groups in total.